The first-order valence-electron chi connectivity index (χ1n) is 7.73. The van der Waals surface area contributed by atoms with Crippen LogP contribution in [-0.2, 0) is 11.3 Å². The van der Waals surface area contributed by atoms with Crippen molar-refractivity contribution < 1.29 is 14.3 Å². The number of ether oxygens (including phenoxy) is 2. The summed E-state index contributed by atoms with van der Waals surface area (Å²) in [5, 5.41) is 3.00. The Balaban J connectivity index is 2.03. The zero-order valence-electron chi connectivity index (χ0n) is 13.8. The molecular weight excluding hydrogens is 290 g/mol. The average molecular weight is 313 g/mol. The molecule has 2 aromatic rings. The first kappa shape index (κ1) is 16.9. The molecule has 0 aliphatic heterocycles. The quantitative estimate of drug-likeness (QED) is 0.851. The Labute approximate surface area is 137 Å². The van der Waals surface area contributed by atoms with Crippen LogP contribution in [0.2, 0.25) is 0 Å². The summed E-state index contributed by atoms with van der Waals surface area (Å²) in [4.78, 5) is 12.5. The summed E-state index contributed by atoms with van der Waals surface area (Å²) in [6.07, 6.45) is 0.766. The lowest BCUT2D eigenvalue weighted by Gasteiger charge is -2.16. The predicted octanol–water partition coefficient (Wildman–Crippen LogP) is 3.51. The Morgan fingerprint density at radius 1 is 1.04 bits per heavy atom. The van der Waals surface area contributed by atoms with Crippen LogP contribution in [-0.4, -0.2) is 20.1 Å². The van der Waals surface area contributed by atoms with E-state index in [0.717, 1.165) is 17.5 Å². The first-order chi connectivity index (χ1) is 11.2. The van der Waals surface area contributed by atoms with Crippen LogP contribution in [0.25, 0.3) is 0 Å². The maximum atomic E-state index is 12.5. The minimum Gasteiger partial charge on any atom is -0.493 e. The van der Waals surface area contributed by atoms with Crippen LogP contribution in [0.5, 0.6) is 11.5 Å². The highest BCUT2D eigenvalue weighted by atomic mass is 16.5. The minimum absolute atomic E-state index is 0.0356. The van der Waals surface area contributed by atoms with Gasteiger partial charge in [-0.15, -0.1) is 0 Å². The van der Waals surface area contributed by atoms with Crippen molar-refractivity contribution in [2.24, 2.45) is 0 Å². The van der Waals surface area contributed by atoms with Crippen molar-refractivity contribution in [3.05, 3.63) is 59.7 Å². The standard InChI is InChI=1S/C19H23NO3/c1-4-16(15-8-6-5-7-9-15)19(21)20-13-14-10-11-17(22-2)18(12-14)23-3/h5-12,16H,4,13H2,1-3H3,(H,20,21). The molecule has 122 valence electrons. The maximum absolute atomic E-state index is 12.5. The van der Waals surface area contributed by atoms with Gasteiger partial charge in [-0.2, -0.15) is 0 Å². The Morgan fingerprint density at radius 3 is 2.35 bits per heavy atom. The van der Waals surface area contributed by atoms with Crippen molar-refractivity contribution in [3.8, 4) is 11.5 Å². The van der Waals surface area contributed by atoms with E-state index in [1.807, 2.05) is 55.5 Å². The van der Waals surface area contributed by atoms with E-state index in [2.05, 4.69) is 5.32 Å². The smallest absolute Gasteiger partial charge is 0.227 e. The highest BCUT2D eigenvalue weighted by Gasteiger charge is 2.18. The molecule has 0 saturated heterocycles. The van der Waals surface area contributed by atoms with E-state index in [0.29, 0.717) is 18.0 Å². The third-order valence-electron chi connectivity index (χ3n) is 3.84. The van der Waals surface area contributed by atoms with Crippen molar-refractivity contribution in [2.75, 3.05) is 14.2 Å². The van der Waals surface area contributed by atoms with Gasteiger partial charge in [0, 0.05) is 6.54 Å². The van der Waals surface area contributed by atoms with Gasteiger partial charge >= 0.3 is 0 Å². The summed E-state index contributed by atoms with van der Waals surface area (Å²) >= 11 is 0. The molecule has 0 heterocycles. The number of hydrogen-bond acceptors (Lipinski definition) is 3. The lowest BCUT2D eigenvalue weighted by atomic mass is 9.95. The van der Waals surface area contributed by atoms with E-state index in [1.165, 1.54) is 0 Å². The van der Waals surface area contributed by atoms with Gasteiger partial charge in [-0.1, -0.05) is 43.3 Å². The lowest BCUT2D eigenvalue weighted by molar-refractivity contribution is -0.122. The van der Waals surface area contributed by atoms with E-state index in [9.17, 15) is 4.79 Å². The van der Waals surface area contributed by atoms with E-state index >= 15 is 0 Å². The van der Waals surface area contributed by atoms with Gasteiger partial charge in [0.2, 0.25) is 5.91 Å². The van der Waals surface area contributed by atoms with Gasteiger partial charge in [-0.25, -0.2) is 0 Å². The molecule has 0 aliphatic carbocycles. The van der Waals surface area contributed by atoms with Gasteiger partial charge in [-0.3, -0.25) is 4.79 Å². The highest BCUT2D eigenvalue weighted by Crippen LogP contribution is 2.27. The van der Waals surface area contributed by atoms with E-state index in [1.54, 1.807) is 14.2 Å². The molecule has 4 nitrogen and oxygen atoms in total. The summed E-state index contributed by atoms with van der Waals surface area (Å²) in [5.41, 5.74) is 2.01. The van der Waals surface area contributed by atoms with E-state index in [-0.39, 0.29) is 11.8 Å². The molecule has 0 bridgehead atoms. The lowest BCUT2D eigenvalue weighted by Crippen LogP contribution is -2.28. The largest absolute Gasteiger partial charge is 0.493 e. The van der Waals surface area contributed by atoms with Gasteiger partial charge in [0.1, 0.15) is 0 Å². The number of amides is 1. The molecule has 0 spiro atoms. The molecule has 1 atom stereocenters. The molecule has 0 aliphatic rings. The third kappa shape index (κ3) is 4.25. The number of carbonyl (C=O) groups is 1. The molecule has 0 aromatic heterocycles. The minimum atomic E-state index is -0.128. The number of nitrogens with one attached hydrogen (secondary N) is 1. The molecule has 1 N–H and O–H groups in total. The number of methoxy groups -OCH3 is 2. The van der Waals surface area contributed by atoms with Crippen molar-refractivity contribution >= 4 is 5.91 Å². The van der Waals surface area contributed by atoms with Gasteiger partial charge in [0.05, 0.1) is 20.1 Å². The Morgan fingerprint density at radius 2 is 1.74 bits per heavy atom. The Kier molecular flexibility index (Phi) is 6.03. The second-order valence-corrected chi connectivity index (χ2v) is 5.28. The molecule has 2 rings (SSSR count). The summed E-state index contributed by atoms with van der Waals surface area (Å²) in [5.74, 6) is 1.25. The summed E-state index contributed by atoms with van der Waals surface area (Å²) in [6.45, 7) is 2.48. The predicted molar refractivity (Wildman–Crippen MR) is 90.9 cm³/mol. The van der Waals surface area contributed by atoms with Crippen LogP contribution in [0.15, 0.2) is 48.5 Å². The van der Waals surface area contributed by atoms with Crippen LogP contribution in [0.1, 0.15) is 30.4 Å². The normalized spacial score (nSPS) is 11.6. The number of benzene rings is 2. The second-order valence-electron chi connectivity index (χ2n) is 5.28. The monoisotopic (exact) mass is 313 g/mol. The molecule has 4 heteroatoms. The molecule has 1 unspecified atom stereocenters. The zero-order valence-corrected chi connectivity index (χ0v) is 13.8. The SMILES string of the molecule is CCC(C(=O)NCc1ccc(OC)c(OC)c1)c1ccccc1. The third-order valence-corrected chi connectivity index (χ3v) is 3.84. The molecular formula is C19H23NO3. The molecule has 0 saturated carbocycles. The van der Waals surface area contributed by atoms with Gasteiger partial charge in [0.15, 0.2) is 11.5 Å². The number of rotatable bonds is 7. The molecule has 23 heavy (non-hydrogen) atoms. The summed E-state index contributed by atoms with van der Waals surface area (Å²) < 4.78 is 10.5. The van der Waals surface area contributed by atoms with Crippen molar-refractivity contribution in [1.82, 2.24) is 5.32 Å². The molecule has 0 fully saturated rings. The van der Waals surface area contributed by atoms with Crippen LogP contribution >= 0.6 is 0 Å². The zero-order chi connectivity index (χ0) is 16.7. The van der Waals surface area contributed by atoms with Gasteiger partial charge < -0.3 is 14.8 Å². The molecule has 0 radical (unpaired) electrons. The fraction of sp³-hybridized carbons (Fsp3) is 0.316. The van der Waals surface area contributed by atoms with Crippen molar-refractivity contribution in [1.29, 1.82) is 0 Å². The topological polar surface area (TPSA) is 47.6 Å². The fourth-order valence-corrected chi connectivity index (χ4v) is 2.56. The maximum Gasteiger partial charge on any atom is 0.227 e. The molecule has 2 aromatic carbocycles. The van der Waals surface area contributed by atoms with E-state index in [4.69, 9.17) is 9.47 Å². The number of hydrogen-bond donors (Lipinski definition) is 1. The van der Waals surface area contributed by atoms with Crippen LogP contribution in [0, 0.1) is 0 Å². The fourth-order valence-electron chi connectivity index (χ4n) is 2.56. The van der Waals surface area contributed by atoms with Gasteiger partial charge in [-0.05, 0) is 29.7 Å². The average Bonchev–Trinajstić information content (AvgIpc) is 2.61. The molecule has 1 amide bonds. The van der Waals surface area contributed by atoms with Crippen molar-refractivity contribution in [2.45, 2.75) is 25.8 Å². The van der Waals surface area contributed by atoms with Crippen molar-refractivity contribution in [3.63, 3.8) is 0 Å². The summed E-state index contributed by atoms with van der Waals surface area (Å²) in [7, 11) is 3.20. The first-order valence-corrected chi connectivity index (χ1v) is 7.73. The Hall–Kier alpha value is -2.49. The second kappa shape index (κ2) is 8.22. The van der Waals surface area contributed by atoms with Crippen LogP contribution in [0.4, 0.5) is 0 Å². The Bertz CT molecular complexity index is 640. The van der Waals surface area contributed by atoms with Crippen LogP contribution < -0.4 is 14.8 Å². The van der Waals surface area contributed by atoms with Gasteiger partial charge in [0.25, 0.3) is 0 Å². The summed E-state index contributed by atoms with van der Waals surface area (Å²) in [6, 6.07) is 15.5. The van der Waals surface area contributed by atoms with Crippen LogP contribution in [0.3, 0.4) is 0 Å². The highest BCUT2D eigenvalue weighted by molar-refractivity contribution is 5.83. The number of carbonyl (C=O) groups excluding carboxylic acids is 1. The van der Waals surface area contributed by atoms with E-state index < -0.39 is 0 Å².